The average molecular weight is 465 g/mol. The molecule has 8 nitrogen and oxygen atoms in total. The first-order valence-electron chi connectivity index (χ1n) is 10.6. The van der Waals surface area contributed by atoms with Crippen LogP contribution in [0.5, 0.6) is 0 Å². The Hall–Kier alpha value is -3.56. The summed E-state index contributed by atoms with van der Waals surface area (Å²) >= 11 is 0. The van der Waals surface area contributed by atoms with E-state index in [1.54, 1.807) is 17.0 Å². The molecule has 0 aliphatic carbocycles. The Morgan fingerprint density at radius 3 is 2.18 bits per heavy atom. The highest BCUT2D eigenvalue weighted by molar-refractivity contribution is 7.92. The van der Waals surface area contributed by atoms with Gasteiger partial charge < -0.3 is 4.90 Å². The van der Waals surface area contributed by atoms with E-state index in [2.05, 4.69) is 5.10 Å². The average Bonchev–Trinajstić information content (AvgIpc) is 2.85. The third-order valence-corrected chi connectivity index (χ3v) is 6.97. The van der Waals surface area contributed by atoms with Gasteiger partial charge in [-0.1, -0.05) is 60.7 Å². The summed E-state index contributed by atoms with van der Waals surface area (Å²) in [6, 6.07) is 21.6. The number of carbonyl (C=O) groups is 1. The van der Waals surface area contributed by atoms with Gasteiger partial charge in [-0.25, -0.2) is 13.1 Å². The number of sulfonamides is 1. The molecule has 1 aliphatic heterocycles. The zero-order valence-corrected chi connectivity index (χ0v) is 18.8. The molecule has 0 radical (unpaired) electrons. The van der Waals surface area contributed by atoms with Crippen LogP contribution in [0.4, 0.5) is 0 Å². The lowest BCUT2D eigenvalue weighted by Gasteiger charge is -2.33. The second-order valence-electron chi connectivity index (χ2n) is 7.62. The highest BCUT2D eigenvalue weighted by Crippen LogP contribution is 2.15. The van der Waals surface area contributed by atoms with Gasteiger partial charge in [0.25, 0.3) is 5.56 Å². The monoisotopic (exact) mass is 464 g/mol. The first-order valence-corrected chi connectivity index (χ1v) is 12.1. The lowest BCUT2D eigenvalue weighted by atomic mass is 10.1. The van der Waals surface area contributed by atoms with E-state index in [1.807, 2.05) is 60.7 Å². The number of piperazine rings is 1. The number of nitrogens with zero attached hydrogens (tertiary/aromatic N) is 4. The maximum atomic E-state index is 12.8. The van der Waals surface area contributed by atoms with Gasteiger partial charge in [-0.3, -0.25) is 9.59 Å². The molecule has 9 heteroatoms. The molecule has 3 aromatic rings. The molecule has 33 heavy (non-hydrogen) atoms. The first kappa shape index (κ1) is 22.6. The minimum absolute atomic E-state index is 0.194. The van der Waals surface area contributed by atoms with Crippen molar-refractivity contribution in [3.05, 3.63) is 94.1 Å². The molecule has 0 atom stereocenters. The fraction of sp³-hybridized carbons (Fsp3) is 0.208. The normalized spacial score (nSPS) is 15.1. The zero-order valence-electron chi connectivity index (χ0n) is 17.9. The lowest BCUT2D eigenvalue weighted by Crippen LogP contribution is -2.51. The molecule has 4 rings (SSSR count). The first-order chi connectivity index (χ1) is 15.9. The van der Waals surface area contributed by atoms with Gasteiger partial charge in [0, 0.05) is 43.2 Å². The Labute approximate surface area is 192 Å². The van der Waals surface area contributed by atoms with Gasteiger partial charge in [0.15, 0.2) is 0 Å². The number of benzene rings is 2. The summed E-state index contributed by atoms with van der Waals surface area (Å²) in [6.07, 6.45) is 1.56. The van der Waals surface area contributed by atoms with Crippen molar-refractivity contribution in [2.75, 3.05) is 26.2 Å². The van der Waals surface area contributed by atoms with Gasteiger partial charge in [-0.15, -0.1) is 0 Å². The Morgan fingerprint density at radius 1 is 0.879 bits per heavy atom. The molecule has 1 aliphatic rings. The Balaban J connectivity index is 1.38. The minimum Gasteiger partial charge on any atom is -0.338 e. The van der Waals surface area contributed by atoms with Crippen LogP contribution in [0, 0.1) is 0 Å². The maximum Gasteiger partial charge on any atom is 0.267 e. The SMILES string of the molecule is O=C(Cn1nc(-c2ccccc2)ccc1=O)N1CCN(S(=O)(=O)/C=C/c2ccccc2)CC1. The molecule has 0 unspecified atom stereocenters. The quantitative estimate of drug-likeness (QED) is 0.557. The predicted molar refractivity (Wildman–Crippen MR) is 126 cm³/mol. The van der Waals surface area contributed by atoms with Crippen LogP contribution in [0.15, 0.2) is 83.0 Å². The highest BCUT2D eigenvalue weighted by Gasteiger charge is 2.27. The largest absolute Gasteiger partial charge is 0.338 e. The number of aromatic nitrogens is 2. The van der Waals surface area contributed by atoms with Crippen molar-refractivity contribution < 1.29 is 13.2 Å². The van der Waals surface area contributed by atoms with E-state index >= 15 is 0 Å². The van der Waals surface area contributed by atoms with E-state index in [4.69, 9.17) is 0 Å². The summed E-state index contributed by atoms with van der Waals surface area (Å²) in [6.45, 7) is 0.702. The smallest absolute Gasteiger partial charge is 0.267 e. The van der Waals surface area contributed by atoms with Crippen molar-refractivity contribution in [3.8, 4) is 11.3 Å². The van der Waals surface area contributed by atoms with Crippen molar-refractivity contribution >= 4 is 22.0 Å². The molecule has 0 N–H and O–H groups in total. The van der Waals surface area contributed by atoms with E-state index in [0.717, 1.165) is 15.8 Å². The van der Waals surface area contributed by atoms with Crippen LogP contribution in [-0.4, -0.2) is 59.5 Å². The van der Waals surface area contributed by atoms with Gasteiger partial charge in [-0.05, 0) is 17.7 Å². The molecular weight excluding hydrogens is 440 g/mol. The molecule has 0 saturated carbocycles. The Morgan fingerprint density at radius 2 is 1.52 bits per heavy atom. The molecule has 1 amide bonds. The van der Waals surface area contributed by atoms with Crippen molar-refractivity contribution in [1.82, 2.24) is 19.0 Å². The second-order valence-corrected chi connectivity index (χ2v) is 9.44. The number of hydrogen-bond donors (Lipinski definition) is 0. The molecule has 2 heterocycles. The summed E-state index contributed by atoms with van der Waals surface area (Å²) in [5.74, 6) is -0.272. The van der Waals surface area contributed by atoms with Crippen molar-refractivity contribution in [2.45, 2.75) is 6.54 Å². The molecule has 170 valence electrons. The summed E-state index contributed by atoms with van der Waals surface area (Å²) in [7, 11) is -3.59. The maximum absolute atomic E-state index is 12.8. The minimum atomic E-state index is -3.59. The fourth-order valence-electron chi connectivity index (χ4n) is 3.56. The van der Waals surface area contributed by atoms with Crippen molar-refractivity contribution in [1.29, 1.82) is 0 Å². The van der Waals surface area contributed by atoms with Crippen LogP contribution in [0.2, 0.25) is 0 Å². The van der Waals surface area contributed by atoms with E-state index in [9.17, 15) is 18.0 Å². The van der Waals surface area contributed by atoms with Crippen molar-refractivity contribution in [2.24, 2.45) is 0 Å². The van der Waals surface area contributed by atoms with Crippen LogP contribution in [-0.2, 0) is 21.4 Å². The van der Waals surface area contributed by atoms with Gasteiger partial charge in [0.05, 0.1) is 5.69 Å². The van der Waals surface area contributed by atoms with Crippen LogP contribution >= 0.6 is 0 Å². The molecule has 1 saturated heterocycles. The molecule has 1 aromatic heterocycles. The van der Waals surface area contributed by atoms with E-state index in [0.29, 0.717) is 5.69 Å². The third-order valence-electron chi connectivity index (χ3n) is 5.40. The molecular formula is C24H24N4O4S. The molecule has 0 bridgehead atoms. The summed E-state index contributed by atoms with van der Waals surface area (Å²) in [5.41, 5.74) is 1.88. The van der Waals surface area contributed by atoms with Gasteiger partial charge in [-0.2, -0.15) is 9.40 Å². The van der Waals surface area contributed by atoms with Crippen LogP contribution in [0.25, 0.3) is 17.3 Å². The Bertz CT molecular complexity index is 1300. The lowest BCUT2D eigenvalue weighted by molar-refractivity contribution is -0.133. The summed E-state index contributed by atoms with van der Waals surface area (Å²) in [4.78, 5) is 26.6. The van der Waals surface area contributed by atoms with Gasteiger partial charge in [0.1, 0.15) is 6.54 Å². The summed E-state index contributed by atoms with van der Waals surface area (Å²) < 4.78 is 27.8. The summed E-state index contributed by atoms with van der Waals surface area (Å²) in [5, 5.41) is 5.52. The fourth-order valence-corrected chi connectivity index (χ4v) is 4.73. The molecule has 2 aromatic carbocycles. The zero-order chi connectivity index (χ0) is 23.3. The second kappa shape index (κ2) is 9.93. The molecule has 1 fully saturated rings. The third kappa shape index (κ3) is 5.63. The predicted octanol–water partition coefficient (Wildman–Crippen LogP) is 2.06. The van der Waals surface area contributed by atoms with E-state index in [-0.39, 0.29) is 44.2 Å². The number of rotatable bonds is 6. The van der Waals surface area contributed by atoms with Gasteiger partial charge >= 0.3 is 0 Å². The number of amides is 1. The van der Waals surface area contributed by atoms with E-state index in [1.165, 1.54) is 15.8 Å². The number of carbonyl (C=O) groups excluding carboxylic acids is 1. The number of hydrogen-bond acceptors (Lipinski definition) is 5. The van der Waals surface area contributed by atoms with Crippen LogP contribution in [0.1, 0.15) is 5.56 Å². The van der Waals surface area contributed by atoms with Gasteiger partial charge in [0.2, 0.25) is 15.9 Å². The standard InChI is InChI=1S/C24H24N4O4S/c29-23-12-11-22(21-9-5-2-6-10-21)25-28(23)19-24(30)26-14-16-27(17-15-26)33(31,32)18-13-20-7-3-1-4-8-20/h1-13,18H,14-17,19H2/b18-13+. The van der Waals surface area contributed by atoms with E-state index < -0.39 is 10.0 Å². The van der Waals surface area contributed by atoms with Crippen molar-refractivity contribution in [3.63, 3.8) is 0 Å². The topological polar surface area (TPSA) is 92.6 Å². The van der Waals surface area contributed by atoms with Crippen LogP contribution < -0.4 is 5.56 Å². The molecule has 0 spiro atoms. The van der Waals surface area contributed by atoms with Crippen LogP contribution in [0.3, 0.4) is 0 Å². The Kier molecular flexibility index (Phi) is 6.81. The highest BCUT2D eigenvalue weighted by atomic mass is 32.2.